The van der Waals surface area contributed by atoms with Crippen molar-refractivity contribution in [2.45, 2.75) is 25.9 Å². The number of nitrogens with zero attached hydrogens (tertiary/aromatic N) is 2. The van der Waals surface area contributed by atoms with Gasteiger partial charge in [0.15, 0.2) is 5.78 Å². The first-order valence-electron chi connectivity index (χ1n) is 8.25. The second-order valence-corrected chi connectivity index (χ2v) is 6.16. The number of carbonyl (C=O) groups is 1. The Hall–Kier alpha value is -2.46. The Bertz CT molecular complexity index is 700. The average Bonchev–Trinajstić information content (AvgIpc) is 2.61. The minimum atomic E-state index is -0.00454. The van der Waals surface area contributed by atoms with Gasteiger partial charge in [0.05, 0.1) is 25.3 Å². The van der Waals surface area contributed by atoms with E-state index in [2.05, 4.69) is 23.7 Å². The molecule has 1 fully saturated rings. The van der Waals surface area contributed by atoms with Crippen LogP contribution in [0.3, 0.4) is 0 Å². The summed E-state index contributed by atoms with van der Waals surface area (Å²) in [6.07, 6.45) is 5.20. The maximum absolute atomic E-state index is 12.1. The van der Waals surface area contributed by atoms with Gasteiger partial charge in [-0.15, -0.1) is 0 Å². The van der Waals surface area contributed by atoms with Crippen molar-refractivity contribution in [3.05, 3.63) is 65.9 Å². The van der Waals surface area contributed by atoms with Gasteiger partial charge in [-0.25, -0.2) is 4.98 Å². The highest BCUT2D eigenvalue weighted by Crippen LogP contribution is 2.21. The molecule has 0 bridgehead atoms. The molecule has 24 heavy (non-hydrogen) atoms. The van der Waals surface area contributed by atoms with Gasteiger partial charge in [-0.2, -0.15) is 0 Å². The van der Waals surface area contributed by atoms with E-state index in [-0.39, 0.29) is 5.78 Å². The lowest BCUT2D eigenvalue weighted by molar-refractivity contribution is 0.0752. The number of aromatic nitrogens is 1. The van der Waals surface area contributed by atoms with Crippen LogP contribution in [0.1, 0.15) is 29.8 Å². The van der Waals surface area contributed by atoms with Gasteiger partial charge in [0, 0.05) is 11.8 Å². The Morgan fingerprint density at radius 2 is 1.83 bits per heavy atom. The predicted molar refractivity (Wildman–Crippen MR) is 96.3 cm³/mol. The Kier molecular flexibility index (Phi) is 5.06. The minimum absolute atomic E-state index is 0.00454. The van der Waals surface area contributed by atoms with Gasteiger partial charge in [-0.3, -0.25) is 4.79 Å². The van der Waals surface area contributed by atoms with Gasteiger partial charge >= 0.3 is 0 Å². The van der Waals surface area contributed by atoms with Gasteiger partial charge < -0.3 is 9.64 Å². The van der Waals surface area contributed by atoms with Gasteiger partial charge in [0.2, 0.25) is 0 Å². The van der Waals surface area contributed by atoms with Crippen molar-refractivity contribution in [2.75, 3.05) is 18.1 Å². The van der Waals surface area contributed by atoms with Crippen molar-refractivity contribution in [3.8, 4) is 0 Å². The molecule has 0 saturated carbocycles. The molecule has 0 amide bonds. The molecular formula is C20H22N2O2. The molecule has 0 aliphatic carbocycles. The predicted octanol–water partition coefficient (Wildman–Crippen LogP) is 3.59. The summed E-state index contributed by atoms with van der Waals surface area (Å²) in [5.41, 5.74) is 1.60. The van der Waals surface area contributed by atoms with Crippen molar-refractivity contribution < 1.29 is 9.53 Å². The number of allylic oxidation sites excluding steroid dienone is 1. The summed E-state index contributed by atoms with van der Waals surface area (Å²) >= 11 is 0. The molecule has 1 aliphatic heterocycles. The molecule has 1 saturated heterocycles. The molecule has 1 aromatic heterocycles. The van der Waals surface area contributed by atoms with E-state index < -0.39 is 0 Å². The second kappa shape index (κ2) is 7.41. The normalized spacial score (nSPS) is 21.2. The number of morpholine rings is 1. The zero-order chi connectivity index (χ0) is 16.9. The van der Waals surface area contributed by atoms with Crippen molar-refractivity contribution >= 4 is 17.7 Å². The van der Waals surface area contributed by atoms with E-state index in [0.29, 0.717) is 17.6 Å². The third-order valence-corrected chi connectivity index (χ3v) is 4.19. The largest absolute Gasteiger partial charge is 0.377 e. The number of pyridine rings is 1. The average molecular weight is 322 g/mol. The molecular weight excluding hydrogens is 300 g/mol. The summed E-state index contributed by atoms with van der Waals surface area (Å²) in [5.74, 6) is 0.944. The molecule has 0 radical (unpaired) electrons. The number of ketones is 1. The van der Waals surface area contributed by atoms with Crippen LogP contribution in [0.15, 0.2) is 54.7 Å². The molecule has 0 N–H and O–H groups in total. The summed E-state index contributed by atoms with van der Waals surface area (Å²) in [6.45, 7) is 5.73. The quantitative estimate of drug-likeness (QED) is 0.637. The number of benzene rings is 1. The van der Waals surface area contributed by atoms with E-state index in [0.717, 1.165) is 24.6 Å². The molecule has 2 aromatic rings. The molecule has 3 rings (SSSR count). The number of hydrogen-bond donors (Lipinski definition) is 0. The zero-order valence-electron chi connectivity index (χ0n) is 14.1. The van der Waals surface area contributed by atoms with Crippen molar-refractivity contribution in [1.29, 1.82) is 0 Å². The van der Waals surface area contributed by atoms with E-state index in [1.165, 1.54) is 0 Å². The van der Waals surface area contributed by atoms with Crippen molar-refractivity contribution in [1.82, 2.24) is 4.98 Å². The van der Waals surface area contributed by atoms with Crippen LogP contribution >= 0.6 is 0 Å². The summed E-state index contributed by atoms with van der Waals surface area (Å²) in [5, 5.41) is 0. The second-order valence-electron chi connectivity index (χ2n) is 6.16. The number of carbonyl (C=O) groups excluding carboxylic acids is 1. The summed E-state index contributed by atoms with van der Waals surface area (Å²) in [7, 11) is 0. The van der Waals surface area contributed by atoms with Crippen LogP contribution in [0.5, 0.6) is 0 Å². The first-order valence-corrected chi connectivity index (χ1v) is 8.25. The topological polar surface area (TPSA) is 42.4 Å². The van der Waals surface area contributed by atoms with Crippen LogP contribution in [0, 0.1) is 0 Å². The highest BCUT2D eigenvalue weighted by Gasteiger charge is 2.26. The summed E-state index contributed by atoms with van der Waals surface area (Å²) in [6, 6.07) is 13.9. The molecule has 124 valence electrons. The van der Waals surface area contributed by atoms with Crippen molar-refractivity contribution in [2.24, 2.45) is 0 Å². The van der Waals surface area contributed by atoms with E-state index in [4.69, 9.17) is 4.74 Å². The summed E-state index contributed by atoms with van der Waals surface area (Å²) in [4.78, 5) is 18.9. The van der Waals surface area contributed by atoms with Crippen LogP contribution in [-0.2, 0) is 4.74 Å². The van der Waals surface area contributed by atoms with E-state index in [1.54, 1.807) is 18.3 Å². The van der Waals surface area contributed by atoms with Gasteiger partial charge in [0.1, 0.15) is 5.82 Å². The fraction of sp³-hybridized carbons (Fsp3) is 0.300. The number of rotatable bonds is 4. The fourth-order valence-corrected chi connectivity index (χ4v) is 2.98. The molecule has 0 spiro atoms. The fourth-order valence-electron chi connectivity index (χ4n) is 2.98. The smallest absolute Gasteiger partial charge is 0.185 e. The van der Waals surface area contributed by atoms with Crippen molar-refractivity contribution in [3.63, 3.8) is 0 Å². The number of ether oxygens (including phenoxy) is 1. The maximum Gasteiger partial charge on any atom is 0.185 e. The lowest BCUT2D eigenvalue weighted by Gasteiger charge is -2.39. The Labute approximate surface area is 142 Å². The molecule has 2 atom stereocenters. The molecule has 1 aliphatic rings. The van der Waals surface area contributed by atoms with Gasteiger partial charge in [-0.1, -0.05) is 30.3 Å². The SMILES string of the molecule is CC1COCC(C)N1c1ccc(C=CC(=O)c2ccccc2)cn1. The third kappa shape index (κ3) is 3.71. The van der Waals surface area contributed by atoms with Crippen LogP contribution < -0.4 is 4.90 Å². The van der Waals surface area contributed by atoms with E-state index in [1.807, 2.05) is 42.5 Å². The van der Waals surface area contributed by atoms with Crippen LogP contribution in [0.2, 0.25) is 0 Å². The molecule has 2 heterocycles. The minimum Gasteiger partial charge on any atom is -0.377 e. The van der Waals surface area contributed by atoms with Crippen LogP contribution in [0.25, 0.3) is 6.08 Å². The standard InChI is InChI=1S/C20H22N2O2/c1-15-13-24-14-16(2)22(15)20-11-9-17(12-21-20)8-10-19(23)18-6-4-3-5-7-18/h3-12,15-16H,13-14H2,1-2H3. The third-order valence-electron chi connectivity index (χ3n) is 4.19. The monoisotopic (exact) mass is 322 g/mol. The number of anilines is 1. The Balaban J connectivity index is 1.70. The first kappa shape index (κ1) is 16.4. The lowest BCUT2D eigenvalue weighted by atomic mass is 10.1. The molecule has 4 heteroatoms. The molecule has 4 nitrogen and oxygen atoms in total. The molecule has 2 unspecified atom stereocenters. The summed E-state index contributed by atoms with van der Waals surface area (Å²) < 4.78 is 5.56. The Morgan fingerprint density at radius 1 is 1.12 bits per heavy atom. The Morgan fingerprint density at radius 3 is 2.46 bits per heavy atom. The van der Waals surface area contributed by atoms with E-state index >= 15 is 0 Å². The highest BCUT2D eigenvalue weighted by atomic mass is 16.5. The van der Waals surface area contributed by atoms with Gasteiger partial charge in [0.25, 0.3) is 0 Å². The van der Waals surface area contributed by atoms with Crippen LogP contribution in [0.4, 0.5) is 5.82 Å². The first-order chi connectivity index (χ1) is 11.6. The zero-order valence-corrected chi connectivity index (χ0v) is 14.1. The van der Waals surface area contributed by atoms with E-state index in [9.17, 15) is 4.79 Å². The maximum atomic E-state index is 12.1. The van der Waals surface area contributed by atoms with Gasteiger partial charge in [-0.05, 0) is 43.7 Å². The van der Waals surface area contributed by atoms with Crippen LogP contribution in [-0.4, -0.2) is 36.1 Å². The molecule has 1 aromatic carbocycles. The number of hydrogen-bond acceptors (Lipinski definition) is 4. The lowest BCUT2D eigenvalue weighted by Crippen LogP contribution is -2.50. The highest BCUT2D eigenvalue weighted by molar-refractivity contribution is 6.06.